The van der Waals surface area contributed by atoms with E-state index in [1.807, 2.05) is 56.3 Å². The van der Waals surface area contributed by atoms with Crippen molar-refractivity contribution in [2.45, 2.75) is 65.1 Å². The van der Waals surface area contributed by atoms with E-state index in [4.69, 9.17) is 19.6 Å². The molecule has 224 valence electrons. The molecule has 1 saturated heterocycles. The van der Waals surface area contributed by atoms with Gasteiger partial charge in [-0.25, -0.2) is 9.37 Å². The third-order valence-corrected chi connectivity index (χ3v) is 8.56. The number of nitrogens with zero attached hydrogens (tertiary/aromatic N) is 4. The molecule has 7 rings (SSSR count). The van der Waals surface area contributed by atoms with Gasteiger partial charge in [0.15, 0.2) is 5.65 Å². The number of carbonyl (C=O) groups is 1. The van der Waals surface area contributed by atoms with Crippen LogP contribution in [-0.4, -0.2) is 57.1 Å². The minimum Gasteiger partial charge on any atom is -0.490 e. The van der Waals surface area contributed by atoms with Crippen LogP contribution in [0.3, 0.4) is 0 Å². The molecule has 1 fully saturated rings. The van der Waals surface area contributed by atoms with Crippen LogP contribution in [-0.2, 0) is 16.0 Å². The Morgan fingerprint density at radius 3 is 2.65 bits per heavy atom. The predicted molar refractivity (Wildman–Crippen MR) is 164 cm³/mol. The van der Waals surface area contributed by atoms with Crippen molar-refractivity contribution in [3.63, 3.8) is 0 Å². The molecule has 8 nitrogen and oxygen atoms in total. The SMILES string of the molecule is Cc1ccc2c(c1F)-c1cccc(c1)-c1cc3nc(C)c(CC(=O)O)c(n3n1)N1CCC(C)(CC1)OC/C=C\CC(C)O2. The van der Waals surface area contributed by atoms with Gasteiger partial charge in [-0.1, -0.05) is 36.4 Å². The highest BCUT2D eigenvalue weighted by molar-refractivity contribution is 5.78. The molecular weight excluding hydrogens is 547 g/mol. The molecule has 4 aromatic rings. The van der Waals surface area contributed by atoms with Crippen molar-refractivity contribution in [1.82, 2.24) is 14.6 Å². The molecule has 2 aromatic carbocycles. The number of carboxylic acid groups (broad SMARTS) is 1. The molecule has 2 aromatic heterocycles. The van der Waals surface area contributed by atoms with Gasteiger partial charge in [-0.05, 0) is 63.8 Å². The molecule has 1 unspecified atom stereocenters. The number of ether oxygens (including phenoxy) is 2. The summed E-state index contributed by atoms with van der Waals surface area (Å²) < 4.78 is 30.1. The standard InChI is InChI=1S/C34H37FN4O4/c1-21-11-12-28-31(32(21)35)25-10-7-9-24(18-25)27-20-29-36-23(3)26(19-30(40)41)33(39(29)37-27)38-15-13-34(4,14-16-38)42-17-6-5-8-22(2)43-28/h5-7,9-12,18,20,22H,8,13-17,19H2,1-4H3,(H,40,41)/b6-5-. The number of halogens is 1. The summed E-state index contributed by atoms with van der Waals surface area (Å²) in [7, 11) is 0. The summed E-state index contributed by atoms with van der Waals surface area (Å²) in [6.45, 7) is 9.57. The minimum atomic E-state index is -0.920. The Morgan fingerprint density at radius 1 is 1.12 bits per heavy atom. The molecule has 43 heavy (non-hydrogen) atoms. The van der Waals surface area contributed by atoms with Crippen LogP contribution >= 0.6 is 0 Å². The highest BCUT2D eigenvalue weighted by Crippen LogP contribution is 2.38. The number of rotatable bonds is 2. The van der Waals surface area contributed by atoms with Crippen molar-refractivity contribution in [2.75, 3.05) is 24.6 Å². The monoisotopic (exact) mass is 584 g/mol. The topological polar surface area (TPSA) is 89.2 Å². The summed E-state index contributed by atoms with van der Waals surface area (Å²) in [5, 5.41) is 14.7. The van der Waals surface area contributed by atoms with E-state index in [1.54, 1.807) is 17.5 Å². The number of hydrogen-bond acceptors (Lipinski definition) is 6. The second kappa shape index (κ2) is 11.4. The molecule has 0 radical (unpaired) electrons. The van der Waals surface area contributed by atoms with Crippen molar-refractivity contribution >= 4 is 17.4 Å². The largest absolute Gasteiger partial charge is 0.490 e. The molecule has 0 amide bonds. The van der Waals surface area contributed by atoms with E-state index >= 15 is 4.39 Å². The van der Waals surface area contributed by atoms with Gasteiger partial charge in [-0.15, -0.1) is 0 Å². The van der Waals surface area contributed by atoms with Gasteiger partial charge in [0.1, 0.15) is 17.4 Å². The van der Waals surface area contributed by atoms with Crippen molar-refractivity contribution in [3.8, 4) is 28.1 Å². The van der Waals surface area contributed by atoms with Gasteiger partial charge < -0.3 is 19.5 Å². The first-order valence-corrected chi connectivity index (χ1v) is 14.8. The summed E-state index contributed by atoms with van der Waals surface area (Å²) in [5.74, 6) is -0.00946. The molecule has 3 aliphatic heterocycles. The first-order valence-electron chi connectivity index (χ1n) is 14.8. The summed E-state index contributed by atoms with van der Waals surface area (Å²) in [6.07, 6.45) is 5.97. The summed E-state index contributed by atoms with van der Waals surface area (Å²) >= 11 is 0. The summed E-state index contributed by atoms with van der Waals surface area (Å²) in [5.41, 5.74) is 4.72. The Morgan fingerprint density at radius 2 is 1.88 bits per heavy atom. The first-order chi connectivity index (χ1) is 20.6. The van der Waals surface area contributed by atoms with Crippen LogP contribution in [0, 0.1) is 19.7 Å². The predicted octanol–water partition coefficient (Wildman–Crippen LogP) is 6.55. The summed E-state index contributed by atoms with van der Waals surface area (Å²) in [4.78, 5) is 18.9. The van der Waals surface area contributed by atoms with Gasteiger partial charge in [0, 0.05) is 42.4 Å². The van der Waals surface area contributed by atoms with Crippen molar-refractivity contribution < 1.29 is 23.8 Å². The molecule has 1 N–H and O–H groups in total. The molecule has 0 spiro atoms. The number of carboxylic acids is 1. The Balaban J connectivity index is 1.53. The minimum absolute atomic E-state index is 0.155. The van der Waals surface area contributed by atoms with Crippen LogP contribution in [0.1, 0.15) is 49.9 Å². The molecule has 5 heterocycles. The van der Waals surface area contributed by atoms with E-state index in [0.29, 0.717) is 71.2 Å². The van der Waals surface area contributed by atoms with Gasteiger partial charge >= 0.3 is 5.97 Å². The maximum atomic E-state index is 15.7. The Bertz CT molecular complexity index is 1720. The van der Waals surface area contributed by atoms with E-state index in [-0.39, 0.29) is 23.9 Å². The highest BCUT2D eigenvalue weighted by atomic mass is 19.1. The number of benzene rings is 2. The van der Waals surface area contributed by atoms with Gasteiger partial charge in [0.2, 0.25) is 0 Å². The molecule has 0 aliphatic carbocycles. The number of hydrogen-bond donors (Lipinski definition) is 1. The molecule has 1 atom stereocenters. The average Bonchev–Trinajstić information content (AvgIpc) is 3.39. The van der Waals surface area contributed by atoms with Crippen molar-refractivity contribution in [2.24, 2.45) is 0 Å². The zero-order valence-corrected chi connectivity index (χ0v) is 25.1. The summed E-state index contributed by atoms with van der Waals surface area (Å²) in [6, 6.07) is 13.1. The van der Waals surface area contributed by atoms with Crippen molar-refractivity contribution in [1.29, 1.82) is 0 Å². The number of piperidine rings is 1. The van der Waals surface area contributed by atoms with Gasteiger partial charge in [-0.3, -0.25) is 4.79 Å². The van der Waals surface area contributed by atoms with E-state index in [9.17, 15) is 9.90 Å². The number of fused-ring (bicyclic) bond motifs is 7. The fraction of sp³-hybridized carbons (Fsp3) is 0.382. The third kappa shape index (κ3) is 5.73. The lowest BCUT2D eigenvalue weighted by molar-refractivity contribution is -0.136. The van der Waals surface area contributed by atoms with Gasteiger partial charge in [-0.2, -0.15) is 9.61 Å². The highest BCUT2D eigenvalue weighted by Gasteiger charge is 2.33. The second-order valence-corrected chi connectivity index (χ2v) is 11.9. The molecular formula is C34H37FN4O4. The van der Waals surface area contributed by atoms with E-state index in [2.05, 4.69) is 17.9 Å². The Labute approximate surface area is 250 Å². The van der Waals surface area contributed by atoms with Crippen LogP contribution < -0.4 is 9.64 Å². The molecule has 6 bridgehead atoms. The van der Waals surface area contributed by atoms with Crippen molar-refractivity contribution in [3.05, 3.63) is 77.3 Å². The van der Waals surface area contributed by atoms with Crippen LogP contribution in [0.15, 0.2) is 54.6 Å². The number of aryl methyl sites for hydroxylation is 2. The van der Waals surface area contributed by atoms with E-state index < -0.39 is 5.97 Å². The number of aliphatic carboxylic acids is 1. The second-order valence-electron chi connectivity index (χ2n) is 11.9. The fourth-order valence-corrected chi connectivity index (χ4v) is 6.03. The Hall–Kier alpha value is -4.24. The van der Waals surface area contributed by atoms with Gasteiger partial charge in [0.05, 0.1) is 36.0 Å². The third-order valence-electron chi connectivity index (χ3n) is 8.56. The molecule has 9 heteroatoms. The fourth-order valence-electron chi connectivity index (χ4n) is 6.03. The maximum Gasteiger partial charge on any atom is 0.308 e. The van der Waals surface area contributed by atoms with Crippen LogP contribution in [0.25, 0.3) is 28.0 Å². The van der Waals surface area contributed by atoms with Crippen LogP contribution in [0.4, 0.5) is 10.2 Å². The lowest BCUT2D eigenvalue weighted by Gasteiger charge is -2.40. The quantitative estimate of drug-likeness (QED) is 0.267. The van der Waals surface area contributed by atoms with Gasteiger partial charge in [0.25, 0.3) is 0 Å². The normalized spacial score (nSPS) is 21.4. The van der Waals surface area contributed by atoms with E-state index in [1.165, 1.54) is 0 Å². The smallest absolute Gasteiger partial charge is 0.308 e. The number of aromatic nitrogens is 3. The lowest BCUT2D eigenvalue weighted by Crippen LogP contribution is -2.45. The first kappa shape index (κ1) is 28.9. The number of anilines is 1. The lowest BCUT2D eigenvalue weighted by atomic mass is 9.93. The zero-order valence-electron chi connectivity index (χ0n) is 25.1. The maximum absolute atomic E-state index is 15.7. The van der Waals surface area contributed by atoms with E-state index in [0.717, 1.165) is 24.2 Å². The molecule has 0 saturated carbocycles. The average molecular weight is 585 g/mol. The van der Waals surface area contributed by atoms with Crippen LogP contribution in [0.5, 0.6) is 5.75 Å². The molecule has 3 aliphatic rings. The zero-order chi connectivity index (χ0) is 30.3. The Kier molecular flexibility index (Phi) is 7.68. The van der Waals surface area contributed by atoms with Crippen LogP contribution in [0.2, 0.25) is 0 Å².